The fourth-order valence-corrected chi connectivity index (χ4v) is 2.61. The highest BCUT2D eigenvalue weighted by Crippen LogP contribution is 2.21. The van der Waals surface area contributed by atoms with Crippen molar-refractivity contribution in [2.75, 3.05) is 20.3 Å². The standard InChI is InChI=1S/C16H21NO4/c1-3-21-16(19)14-8-5-9-17(14)15(18)11-12-6-4-7-13(10-12)20-2/h4,6-7,10,14H,3,5,8-9,11H2,1-2H3. The van der Waals surface area contributed by atoms with Gasteiger partial charge in [0.05, 0.1) is 20.1 Å². The lowest BCUT2D eigenvalue weighted by Crippen LogP contribution is -2.42. The minimum absolute atomic E-state index is 0.0428. The Morgan fingerprint density at radius 1 is 1.38 bits per heavy atom. The second-order valence-electron chi connectivity index (χ2n) is 5.03. The Labute approximate surface area is 124 Å². The SMILES string of the molecule is CCOC(=O)C1CCCN1C(=O)Cc1cccc(OC)c1. The van der Waals surface area contributed by atoms with Crippen LogP contribution in [0.1, 0.15) is 25.3 Å². The minimum Gasteiger partial charge on any atom is -0.497 e. The number of likely N-dealkylation sites (tertiary alicyclic amines) is 1. The first-order valence-corrected chi connectivity index (χ1v) is 7.24. The number of carbonyl (C=O) groups is 2. The molecule has 1 unspecified atom stereocenters. The molecule has 0 saturated carbocycles. The van der Waals surface area contributed by atoms with E-state index in [-0.39, 0.29) is 18.3 Å². The average molecular weight is 291 g/mol. The third-order valence-electron chi connectivity index (χ3n) is 3.62. The van der Waals surface area contributed by atoms with Crippen molar-refractivity contribution < 1.29 is 19.1 Å². The summed E-state index contributed by atoms with van der Waals surface area (Å²) in [5.41, 5.74) is 0.883. The van der Waals surface area contributed by atoms with Gasteiger partial charge in [-0.3, -0.25) is 4.79 Å². The molecule has 0 spiro atoms. The third-order valence-corrected chi connectivity index (χ3v) is 3.62. The summed E-state index contributed by atoms with van der Waals surface area (Å²) in [4.78, 5) is 25.9. The van der Waals surface area contributed by atoms with Crippen LogP contribution in [0.15, 0.2) is 24.3 Å². The first-order valence-electron chi connectivity index (χ1n) is 7.24. The van der Waals surface area contributed by atoms with Gasteiger partial charge in [0.25, 0.3) is 0 Å². The maximum atomic E-state index is 12.4. The van der Waals surface area contributed by atoms with Crippen LogP contribution in [0.2, 0.25) is 0 Å². The van der Waals surface area contributed by atoms with Crippen LogP contribution in [0.25, 0.3) is 0 Å². The Bertz CT molecular complexity index is 515. The van der Waals surface area contributed by atoms with Gasteiger partial charge in [-0.1, -0.05) is 12.1 Å². The molecule has 0 aliphatic carbocycles. The fraction of sp³-hybridized carbons (Fsp3) is 0.500. The molecule has 1 atom stereocenters. The Kier molecular flexibility index (Phi) is 5.20. The van der Waals surface area contributed by atoms with E-state index < -0.39 is 6.04 Å². The van der Waals surface area contributed by atoms with E-state index in [1.54, 1.807) is 18.9 Å². The summed E-state index contributed by atoms with van der Waals surface area (Å²) in [6, 6.07) is 6.99. The van der Waals surface area contributed by atoms with Gasteiger partial charge >= 0.3 is 5.97 Å². The van der Waals surface area contributed by atoms with E-state index in [9.17, 15) is 9.59 Å². The predicted octanol–water partition coefficient (Wildman–Crippen LogP) is 1.79. The molecule has 5 heteroatoms. The second-order valence-corrected chi connectivity index (χ2v) is 5.03. The van der Waals surface area contributed by atoms with E-state index in [1.807, 2.05) is 24.3 Å². The molecule has 1 fully saturated rings. The molecule has 2 rings (SSSR count). The summed E-state index contributed by atoms with van der Waals surface area (Å²) >= 11 is 0. The summed E-state index contributed by atoms with van der Waals surface area (Å²) in [5, 5.41) is 0. The molecule has 0 N–H and O–H groups in total. The molecule has 0 radical (unpaired) electrons. The summed E-state index contributed by atoms with van der Waals surface area (Å²) in [6.07, 6.45) is 1.79. The number of carbonyl (C=O) groups excluding carboxylic acids is 2. The van der Waals surface area contributed by atoms with Gasteiger partial charge in [-0.05, 0) is 37.5 Å². The monoisotopic (exact) mass is 291 g/mol. The van der Waals surface area contributed by atoms with E-state index in [0.717, 1.165) is 17.7 Å². The van der Waals surface area contributed by atoms with Crippen LogP contribution in [0.5, 0.6) is 5.75 Å². The summed E-state index contributed by atoms with van der Waals surface area (Å²) in [6.45, 7) is 2.73. The normalized spacial score (nSPS) is 17.6. The molecule has 0 bridgehead atoms. The summed E-state index contributed by atoms with van der Waals surface area (Å²) in [7, 11) is 1.60. The van der Waals surface area contributed by atoms with Crippen LogP contribution >= 0.6 is 0 Å². The van der Waals surface area contributed by atoms with Crippen molar-refractivity contribution >= 4 is 11.9 Å². The van der Waals surface area contributed by atoms with E-state index in [1.165, 1.54) is 0 Å². The molecule has 1 aliphatic heterocycles. The molecule has 1 aliphatic rings. The third kappa shape index (κ3) is 3.74. The molecule has 114 valence electrons. The van der Waals surface area contributed by atoms with Crippen LogP contribution < -0.4 is 4.74 Å². The van der Waals surface area contributed by atoms with Crippen molar-refractivity contribution in [2.45, 2.75) is 32.2 Å². The smallest absolute Gasteiger partial charge is 0.328 e. The molecule has 1 aromatic carbocycles. The number of benzene rings is 1. The highest BCUT2D eigenvalue weighted by molar-refractivity contribution is 5.86. The van der Waals surface area contributed by atoms with Gasteiger partial charge < -0.3 is 14.4 Å². The molecule has 1 amide bonds. The average Bonchev–Trinajstić information content (AvgIpc) is 2.97. The Hall–Kier alpha value is -2.04. The lowest BCUT2D eigenvalue weighted by atomic mass is 10.1. The lowest BCUT2D eigenvalue weighted by molar-refractivity contribution is -0.152. The maximum Gasteiger partial charge on any atom is 0.328 e. The van der Waals surface area contributed by atoms with Crippen molar-refractivity contribution in [2.24, 2.45) is 0 Å². The quantitative estimate of drug-likeness (QED) is 0.776. The van der Waals surface area contributed by atoms with Crippen LogP contribution in [0, 0.1) is 0 Å². The zero-order valence-electron chi connectivity index (χ0n) is 12.5. The Balaban J connectivity index is 2.03. The highest BCUT2D eigenvalue weighted by Gasteiger charge is 2.34. The molecule has 1 saturated heterocycles. The van der Waals surface area contributed by atoms with Crippen molar-refractivity contribution in [1.82, 2.24) is 4.90 Å². The summed E-state index contributed by atoms with van der Waals surface area (Å²) < 4.78 is 10.2. The second kappa shape index (κ2) is 7.11. The van der Waals surface area contributed by atoms with Gasteiger partial charge in [0.2, 0.25) is 5.91 Å². The molecule has 1 heterocycles. The van der Waals surface area contributed by atoms with Crippen LogP contribution in [-0.2, 0) is 20.7 Å². The van der Waals surface area contributed by atoms with Gasteiger partial charge in [0, 0.05) is 6.54 Å². The van der Waals surface area contributed by atoms with Crippen LogP contribution in [0.3, 0.4) is 0 Å². The Morgan fingerprint density at radius 2 is 2.19 bits per heavy atom. The zero-order chi connectivity index (χ0) is 15.2. The highest BCUT2D eigenvalue weighted by atomic mass is 16.5. The van der Waals surface area contributed by atoms with E-state index in [4.69, 9.17) is 9.47 Å². The van der Waals surface area contributed by atoms with Gasteiger partial charge in [-0.15, -0.1) is 0 Å². The number of hydrogen-bond acceptors (Lipinski definition) is 4. The number of esters is 1. The van der Waals surface area contributed by atoms with E-state index >= 15 is 0 Å². The van der Waals surface area contributed by atoms with Crippen LogP contribution in [0.4, 0.5) is 0 Å². The van der Waals surface area contributed by atoms with Crippen LogP contribution in [-0.4, -0.2) is 43.1 Å². The predicted molar refractivity (Wildman–Crippen MR) is 78.1 cm³/mol. The summed E-state index contributed by atoms with van der Waals surface area (Å²) in [5.74, 6) is 0.386. The van der Waals surface area contributed by atoms with Gasteiger partial charge in [0.15, 0.2) is 0 Å². The van der Waals surface area contributed by atoms with Gasteiger partial charge in [-0.2, -0.15) is 0 Å². The molecular weight excluding hydrogens is 270 g/mol. The fourth-order valence-electron chi connectivity index (χ4n) is 2.61. The number of hydrogen-bond donors (Lipinski definition) is 0. The van der Waals surface area contributed by atoms with Crippen molar-refractivity contribution in [3.05, 3.63) is 29.8 Å². The largest absolute Gasteiger partial charge is 0.497 e. The minimum atomic E-state index is -0.428. The zero-order valence-corrected chi connectivity index (χ0v) is 12.5. The number of ether oxygens (including phenoxy) is 2. The van der Waals surface area contributed by atoms with Crippen molar-refractivity contribution in [3.63, 3.8) is 0 Å². The van der Waals surface area contributed by atoms with E-state index in [2.05, 4.69) is 0 Å². The number of nitrogens with zero attached hydrogens (tertiary/aromatic N) is 1. The van der Waals surface area contributed by atoms with E-state index in [0.29, 0.717) is 19.6 Å². The molecule has 21 heavy (non-hydrogen) atoms. The Morgan fingerprint density at radius 3 is 2.90 bits per heavy atom. The number of rotatable bonds is 5. The topological polar surface area (TPSA) is 55.8 Å². The number of methoxy groups -OCH3 is 1. The first kappa shape index (κ1) is 15.4. The van der Waals surface area contributed by atoms with Crippen molar-refractivity contribution in [1.29, 1.82) is 0 Å². The molecule has 5 nitrogen and oxygen atoms in total. The molecule has 0 aromatic heterocycles. The maximum absolute atomic E-state index is 12.4. The molecule has 1 aromatic rings. The molecular formula is C16H21NO4. The lowest BCUT2D eigenvalue weighted by Gasteiger charge is -2.23. The van der Waals surface area contributed by atoms with Crippen molar-refractivity contribution in [3.8, 4) is 5.75 Å². The van der Waals surface area contributed by atoms with Gasteiger partial charge in [0.1, 0.15) is 11.8 Å². The number of amides is 1. The first-order chi connectivity index (χ1) is 10.2. The van der Waals surface area contributed by atoms with Gasteiger partial charge in [-0.25, -0.2) is 4.79 Å².